The van der Waals surface area contributed by atoms with Gasteiger partial charge in [0.05, 0.1) is 17.3 Å². The fourth-order valence-corrected chi connectivity index (χ4v) is 3.24. The molecule has 2 aromatic heterocycles. The molecule has 1 saturated carbocycles. The minimum atomic E-state index is 0.514. The van der Waals surface area contributed by atoms with Gasteiger partial charge in [0.25, 0.3) is 0 Å². The van der Waals surface area contributed by atoms with Crippen LogP contribution in [0.1, 0.15) is 43.0 Å². The summed E-state index contributed by atoms with van der Waals surface area (Å²) in [5.41, 5.74) is 4.33. The van der Waals surface area contributed by atoms with Crippen molar-refractivity contribution in [2.45, 2.75) is 45.6 Å². The maximum Gasteiger partial charge on any atom is 0.138 e. The molecule has 3 aromatic rings. The van der Waals surface area contributed by atoms with Gasteiger partial charge in [-0.1, -0.05) is 19.4 Å². The molecule has 0 atom stereocenters. The van der Waals surface area contributed by atoms with E-state index >= 15 is 0 Å². The zero-order valence-corrected chi connectivity index (χ0v) is 16.8. The number of aromatic nitrogens is 2. The molecule has 0 aliphatic heterocycles. The van der Waals surface area contributed by atoms with E-state index in [4.69, 9.17) is 4.74 Å². The Kier molecular flexibility index (Phi) is 5.44. The number of hydrogen-bond acceptors (Lipinski definition) is 5. The van der Waals surface area contributed by atoms with Crippen LogP contribution in [0.3, 0.4) is 0 Å². The Morgan fingerprint density at radius 1 is 1.17 bits per heavy atom. The number of aryl methyl sites for hydroxylation is 2. The van der Waals surface area contributed by atoms with Crippen molar-refractivity contribution >= 4 is 5.82 Å². The van der Waals surface area contributed by atoms with Crippen molar-refractivity contribution < 1.29 is 4.74 Å². The van der Waals surface area contributed by atoms with Gasteiger partial charge in [0, 0.05) is 35.6 Å². The fraction of sp³-hybridized carbons (Fsp3) is 0.292. The van der Waals surface area contributed by atoms with E-state index in [0.717, 1.165) is 35.6 Å². The van der Waals surface area contributed by atoms with Crippen LogP contribution in [0.2, 0.25) is 0 Å². The fourth-order valence-electron chi connectivity index (χ4n) is 3.24. The first-order chi connectivity index (χ1) is 14.1. The lowest BCUT2D eigenvalue weighted by Crippen LogP contribution is -2.04. The van der Waals surface area contributed by atoms with Crippen LogP contribution >= 0.6 is 0 Å². The summed E-state index contributed by atoms with van der Waals surface area (Å²) in [7, 11) is 0. The molecule has 0 bridgehead atoms. The number of ether oxygens (including phenoxy) is 1. The van der Waals surface area contributed by atoms with Crippen LogP contribution in [0.15, 0.2) is 48.7 Å². The van der Waals surface area contributed by atoms with Crippen molar-refractivity contribution in [1.82, 2.24) is 9.97 Å². The van der Waals surface area contributed by atoms with Crippen molar-refractivity contribution in [3.05, 3.63) is 65.5 Å². The molecular weight excluding hydrogens is 360 g/mol. The Morgan fingerprint density at radius 3 is 2.72 bits per heavy atom. The van der Waals surface area contributed by atoms with Gasteiger partial charge in [-0.3, -0.25) is 4.98 Å². The lowest BCUT2D eigenvalue weighted by atomic mass is 10.1. The van der Waals surface area contributed by atoms with Crippen molar-refractivity contribution in [2.24, 2.45) is 0 Å². The second-order valence-corrected chi connectivity index (χ2v) is 7.47. The average molecular weight is 384 g/mol. The Hall–Kier alpha value is -3.39. The molecule has 0 radical (unpaired) electrons. The van der Waals surface area contributed by atoms with Crippen molar-refractivity contribution in [1.29, 1.82) is 5.26 Å². The van der Waals surface area contributed by atoms with Gasteiger partial charge in [-0.25, -0.2) is 4.98 Å². The highest BCUT2D eigenvalue weighted by Crippen LogP contribution is 2.35. The van der Waals surface area contributed by atoms with Gasteiger partial charge in [-0.15, -0.1) is 0 Å². The van der Waals surface area contributed by atoms with Crippen molar-refractivity contribution in [3.63, 3.8) is 0 Å². The van der Waals surface area contributed by atoms with E-state index in [9.17, 15) is 5.26 Å². The van der Waals surface area contributed by atoms with Gasteiger partial charge in [-0.05, 0) is 56.0 Å². The van der Waals surface area contributed by atoms with Gasteiger partial charge in [0.1, 0.15) is 17.3 Å². The molecule has 4 rings (SSSR count). The van der Waals surface area contributed by atoms with Crippen LogP contribution in [0.5, 0.6) is 11.5 Å². The molecule has 1 N–H and O–H groups in total. The van der Waals surface area contributed by atoms with E-state index in [1.807, 2.05) is 37.4 Å². The Morgan fingerprint density at radius 2 is 2.03 bits per heavy atom. The summed E-state index contributed by atoms with van der Waals surface area (Å²) in [5.74, 6) is 2.13. The summed E-state index contributed by atoms with van der Waals surface area (Å²) in [6.45, 7) is 4.11. The molecule has 0 unspecified atom stereocenters. The first kappa shape index (κ1) is 18.9. The van der Waals surface area contributed by atoms with E-state index in [1.165, 1.54) is 18.4 Å². The maximum absolute atomic E-state index is 9.34. The number of rotatable bonds is 7. The SMILES string of the molecule is CCCc1ccc(-c2ccc(C#N)cc2Oc2cc(C)nc(NC3CC3)c2)nc1. The molecule has 1 fully saturated rings. The number of hydrogen-bond donors (Lipinski definition) is 1. The molecule has 0 amide bonds. The smallest absolute Gasteiger partial charge is 0.138 e. The topological polar surface area (TPSA) is 70.8 Å². The van der Waals surface area contributed by atoms with E-state index in [1.54, 1.807) is 12.1 Å². The molecule has 0 spiro atoms. The summed E-state index contributed by atoms with van der Waals surface area (Å²) in [4.78, 5) is 9.16. The monoisotopic (exact) mass is 384 g/mol. The third-order valence-corrected chi connectivity index (χ3v) is 4.83. The highest BCUT2D eigenvalue weighted by Gasteiger charge is 2.21. The highest BCUT2D eigenvalue weighted by atomic mass is 16.5. The minimum Gasteiger partial charge on any atom is -0.456 e. The molecule has 5 nitrogen and oxygen atoms in total. The molecule has 2 heterocycles. The van der Waals surface area contributed by atoms with Gasteiger partial charge in [-0.2, -0.15) is 5.26 Å². The Labute approximate surface area is 171 Å². The van der Waals surface area contributed by atoms with E-state index in [-0.39, 0.29) is 0 Å². The summed E-state index contributed by atoms with van der Waals surface area (Å²) in [5, 5.41) is 12.8. The third-order valence-electron chi connectivity index (χ3n) is 4.83. The summed E-state index contributed by atoms with van der Waals surface area (Å²) in [6, 6.07) is 16.1. The predicted octanol–water partition coefficient (Wildman–Crippen LogP) is 5.64. The summed E-state index contributed by atoms with van der Waals surface area (Å²) < 4.78 is 6.24. The molecule has 146 valence electrons. The second kappa shape index (κ2) is 8.32. The first-order valence-corrected chi connectivity index (χ1v) is 10.1. The molecule has 29 heavy (non-hydrogen) atoms. The van der Waals surface area contributed by atoms with Gasteiger partial charge in [0.2, 0.25) is 0 Å². The average Bonchev–Trinajstić information content (AvgIpc) is 3.52. The number of nitrogens with one attached hydrogen (secondary N) is 1. The largest absolute Gasteiger partial charge is 0.456 e. The summed E-state index contributed by atoms with van der Waals surface area (Å²) in [6.07, 6.45) is 6.37. The molecule has 1 aliphatic carbocycles. The molecule has 1 aromatic carbocycles. The number of nitrogens with zero attached hydrogens (tertiary/aromatic N) is 3. The maximum atomic E-state index is 9.34. The number of nitriles is 1. The standard InChI is InChI=1S/C24H24N4O/c1-3-4-17-6-10-22(26-15-17)21-9-5-18(14-25)12-23(21)29-20-11-16(2)27-24(13-20)28-19-7-8-19/h5-6,9-13,15,19H,3-4,7-8H2,1-2H3,(H,27,28). The normalized spacial score (nSPS) is 13.0. The number of anilines is 1. The van der Waals surface area contributed by atoms with E-state index in [2.05, 4.69) is 34.3 Å². The molecule has 0 saturated heterocycles. The zero-order valence-electron chi connectivity index (χ0n) is 16.8. The third kappa shape index (κ3) is 4.72. The van der Waals surface area contributed by atoms with Gasteiger partial charge >= 0.3 is 0 Å². The van der Waals surface area contributed by atoms with Crippen LogP contribution in [0.25, 0.3) is 11.3 Å². The second-order valence-electron chi connectivity index (χ2n) is 7.47. The lowest BCUT2D eigenvalue weighted by Gasteiger charge is -2.14. The predicted molar refractivity (Wildman–Crippen MR) is 114 cm³/mol. The highest BCUT2D eigenvalue weighted by molar-refractivity contribution is 5.69. The minimum absolute atomic E-state index is 0.514. The first-order valence-electron chi connectivity index (χ1n) is 10.1. The Bertz CT molecular complexity index is 1050. The summed E-state index contributed by atoms with van der Waals surface area (Å²) >= 11 is 0. The Balaban J connectivity index is 1.67. The van der Waals surface area contributed by atoms with Crippen LogP contribution in [0, 0.1) is 18.3 Å². The molecular formula is C24H24N4O. The van der Waals surface area contributed by atoms with Crippen LogP contribution in [-0.2, 0) is 6.42 Å². The van der Waals surface area contributed by atoms with Crippen LogP contribution < -0.4 is 10.1 Å². The number of benzene rings is 1. The van der Waals surface area contributed by atoms with Gasteiger partial charge < -0.3 is 10.1 Å². The van der Waals surface area contributed by atoms with Gasteiger partial charge in [0.15, 0.2) is 0 Å². The van der Waals surface area contributed by atoms with Crippen molar-refractivity contribution in [3.8, 4) is 28.8 Å². The van der Waals surface area contributed by atoms with Crippen LogP contribution in [0.4, 0.5) is 5.82 Å². The quantitative estimate of drug-likeness (QED) is 0.570. The lowest BCUT2D eigenvalue weighted by molar-refractivity contribution is 0.483. The van der Waals surface area contributed by atoms with E-state index < -0.39 is 0 Å². The van der Waals surface area contributed by atoms with Crippen LogP contribution in [-0.4, -0.2) is 16.0 Å². The van der Waals surface area contributed by atoms with E-state index in [0.29, 0.717) is 23.1 Å². The molecule has 5 heteroatoms. The zero-order chi connectivity index (χ0) is 20.2. The van der Waals surface area contributed by atoms with Crippen molar-refractivity contribution in [2.75, 3.05) is 5.32 Å². The number of pyridine rings is 2. The molecule has 1 aliphatic rings.